The van der Waals surface area contributed by atoms with Gasteiger partial charge < -0.3 is 4.74 Å². The van der Waals surface area contributed by atoms with Crippen LogP contribution in [0.25, 0.3) is 0 Å². The van der Waals surface area contributed by atoms with Crippen LogP contribution >= 0.6 is 0 Å². The van der Waals surface area contributed by atoms with Gasteiger partial charge in [0.1, 0.15) is 6.10 Å². The Balaban J connectivity index is 2.70. The summed E-state index contributed by atoms with van der Waals surface area (Å²) in [6, 6.07) is 0. The average molecular weight is 130 g/mol. The van der Waals surface area contributed by atoms with E-state index in [4.69, 9.17) is 0 Å². The Hall–Kier alpha value is -0.860. The lowest BCUT2D eigenvalue weighted by Crippen LogP contribution is -1.99. The minimum atomic E-state index is -0.523. The van der Waals surface area contributed by atoms with Crippen molar-refractivity contribution >= 4 is 5.97 Å². The van der Waals surface area contributed by atoms with Crippen molar-refractivity contribution in [2.45, 2.75) is 19.4 Å². The van der Waals surface area contributed by atoms with Crippen LogP contribution in [-0.2, 0) is 9.53 Å². The molecule has 9 heavy (non-hydrogen) atoms. The Morgan fingerprint density at radius 2 is 2.56 bits per heavy atom. The van der Waals surface area contributed by atoms with Gasteiger partial charge in [-0.1, -0.05) is 0 Å². The normalized spacial score (nSPS) is 31.1. The number of esters is 1. The molecule has 1 heterocycles. The van der Waals surface area contributed by atoms with Crippen LogP contribution in [0.15, 0.2) is 11.9 Å². The highest BCUT2D eigenvalue weighted by Crippen LogP contribution is 2.19. The van der Waals surface area contributed by atoms with Crippen molar-refractivity contribution in [2.24, 2.45) is 0 Å². The smallest absolute Gasteiger partial charge is 0.336 e. The Morgan fingerprint density at radius 1 is 1.89 bits per heavy atom. The topological polar surface area (TPSA) is 26.3 Å². The highest BCUT2D eigenvalue weighted by atomic mass is 19.1. The summed E-state index contributed by atoms with van der Waals surface area (Å²) >= 11 is 0. The summed E-state index contributed by atoms with van der Waals surface area (Å²) in [5, 5.41) is 0. The van der Waals surface area contributed by atoms with Crippen molar-refractivity contribution in [3.8, 4) is 0 Å². The van der Waals surface area contributed by atoms with E-state index >= 15 is 0 Å². The molecule has 1 rings (SSSR count). The molecule has 1 aliphatic rings. The Bertz CT molecular complexity index is 162. The third-order valence-electron chi connectivity index (χ3n) is 1.21. The van der Waals surface area contributed by atoms with Gasteiger partial charge in [0, 0.05) is 6.42 Å². The summed E-state index contributed by atoms with van der Waals surface area (Å²) in [4.78, 5) is 10.5. The molecule has 0 N–H and O–H groups in total. The maximum Gasteiger partial charge on any atom is 0.336 e. The van der Waals surface area contributed by atoms with E-state index in [-0.39, 0.29) is 11.7 Å². The maximum atomic E-state index is 11.7. The van der Waals surface area contributed by atoms with Gasteiger partial charge in [-0.15, -0.1) is 0 Å². The molecule has 0 aromatic carbocycles. The molecule has 1 unspecified atom stereocenters. The second-order valence-corrected chi connectivity index (χ2v) is 2.05. The van der Waals surface area contributed by atoms with Crippen LogP contribution in [0.1, 0.15) is 13.3 Å². The first-order valence-electron chi connectivity index (χ1n) is 2.74. The second kappa shape index (κ2) is 2.17. The van der Waals surface area contributed by atoms with Crippen LogP contribution in [0.3, 0.4) is 0 Å². The van der Waals surface area contributed by atoms with E-state index < -0.39 is 5.97 Å². The predicted molar refractivity (Wildman–Crippen MR) is 29.4 cm³/mol. The predicted octanol–water partition coefficient (Wildman–Crippen LogP) is 1.18. The van der Waals surface area contributed by atoms with Crippen molar-refractivity contribution < 1.29 is 13.9 Å². The molecular formula is C6H7FO2. The van der Waals surface area contributed by atoms with Gasteiger partial charge in [-0.3, -0.25) is 0 Å². The van der Waals surface area contributed by atoms with Gasteiger partial charge >= 0.3 is 5.97 Å². The van der Waals surface area contributed by atoms with E-state index in [2.05, 4.69) is 4.74 Å². The van der Waals surface area contributed by atoms with Gasteiger partial charge in [-0.25, -0.2) is 9.18 Å². The molecule has 0 aromatic rings. The second-order valence-electron chi connectivity index (χ2n) is 2.05. The lowest BCUT2D eigenvalue weighted by Gasteiger charge is -1.94. The van der Waals surface area contributed by atoms with Gasteiger partial charge in [-0.05, 0) is 6.92 Å². The molecule has 1 fully saturated rings. The van der Waals surface area contributed by atoms with Gasteiger partial charge in [0.25, 0.3) is 0 Å². The lowest BCUT2D eigenvalue weighted by molar-refractivity contribution is -0.138. The van der Waals surface area contributed by atoms with Crippen molar-refractivity contribution in [2.75, 3.05) is 0 Å². The van der Waals surface area contributed by atoms with E-state index in [9.17, 15) is 9.18 Å². The molecule has 1 saturated heterocycles. The monoisotopic (exact) mass is 130 g/mol. The molecule has 2 nitrogen and oxygen atoms in total. The van der Waals surface area contributed by atoms with Gasteiger partial charge in [0.2, 0.25) is 0 Å². The molecule has 50 valence electrons. The summed E-state index contributed by atoms with van der Waals surface area (Å²) in [7, 11) is 0. The summed E-state index contributed by atoms with van der Waals surface area (Å²) in [5.74, 6) is -0.523. The number of carbonyl (C=O) groups is 1. The molecule has 0 spiro atoms. The van der Waals surface area contributed by atoms with E-state index in [1.54, 1.807) is 6.92 Å². The zero-order valence-electron chi connectivity index (χ0n) is 5.06. The highest BCUT2D eigenvalue weighted by molar-refractivity contribution is 5.90. The van der Waals surface area contributed by atoms with Crippen molar-refractivity contribution in [3.05, 3.63) is 11.9 Å². The maximum absolute atomic E-state index is 11.7. The lowest BCUT2D eigenvalue weighted by atomic mass is 10.2. The molecule has 0 aliphatic carbocycles. The zero-order valence-corrected chi connectivity index (χ0v) is 5.06. The third-order valence-corrected chi connectivity index (χ3v) is 1.21. The minimum Gasteiger partial charge on any atom is -0.459 e. The van der Waals surface area contributed by atoms with Crippen molar-refractivity contribution in [3.63, 3.8) is 0 Å². The fraction of sp³-hybridized carbons (Fsp3) is 0.500. The fourth-order valence-corrected chi connectivity index (χ4v) is 0.782. The largest absolute Gasteiger partial charge is 0.459 e. The molecule has 0 radical (unpaired) electrons. The summed E-state index contributed by atoms with van der Waals surface area (Å²) in [6.07, 6.45) is 0.556. The van der Waals surface area contributed by atoms with E-state index in [1.807, 2.05) is 0 Å². The van der Waals surface area contributed by atoms with Crippen molar-refractivity contribution in [1.82, 2.24) is 0 Å². The van der Waals surface area contributed by atoms with Crippen LogP contribution in [0.5, 0.6) is 0 Å². The van der Waals surface area contributed by atoms with Crippen LogP contribution in [0.2, 0.25) is 0 Å². The van der Waals surface area contributed by atoms with Crippen molar-refractivity contribution in [1.29, 1.82) is 0 Å². The Morgan fingerprint density at radius 3 is 2.78 bits per heavy atom. The molecule has 3 heteroatoms. The summed E-state index contributed by atoms with van der Waals surface area (Å²) in [5.41, 5.74) is 0.141. The van der Waals surface area contributed by atoms with Crippen LogP contribution in [0, 0.1) is 0 Å². The standard InChI is InChI=1S/C6H7FO2/c1-4-2-5(3-7)6(8)9-4/h3-4H,2H2,1H3/b5-3-. The SMILES string of the molecule is CC1C/C(=C/F)C(=O)O1. The minimum absolute atomic E-state index is 0.141. The van der Waals surface area contributed by atoms with Gasteiger partial charge in [0.05, 0.1) is 11.9 Å². The number of hydrogen-bond acceptors (Lipinski definition) is 2. The van der Waals surface area contributed by atoms with E-state index in [0.29, 0.717) is 12.8 Å². The first kappa shape index (κ1) is 6.26. The number of rotatable bonds is 0. The highest BCUT2D eigenvalue weighted by Gasteiger charge is 2.25. The number of hydrogen-bond donors (Lipinski definition) is 0. The van der Waals surface area contributed by atoms with Crippen LogP contribution < -0.4 is 0 Å². The fourth-order valence-electron chi connectivity index (χ4n) is 0.782. The number of carbonyl (C=O) groups excluding carboxylic acids is 1. The molecule has 0 aromatic heterocycles. The zero-order chi connectivity index (χ0) is 6.85. The third kappa shape index (κ3) is 1.09. The Labute approximate surface area is 52.3 Å². The van der Waals surface area contributed by atoms with E-state index in [1.165, 1.54) is 0 Å². The molecule has 0 bridgehead atoms. The number of halogens is 1. The first-order valence-corrected chi connectivity index (χ1v) is 2.74. The quantitative estimate of drug-likeness (QED) is 0.363. The molecule has 0 amide bonds. The summed E-state index contributed by atoms with van der Waals surface area (Å²) in [6.45, 7) is 1.73. The number of ether oxygens (including phenoxy) is 1. The molecule has 1 atom stereocenters. The first-order chi connectivity index (χ1) is 4.24. The van der Waals surface area contributed by atoms with Gasteiger partial charge in [0.15, 0.2) is 0 Å². The van der Waals surface area contributed by atoms with E-state index in [0.717, 1.165) is 0 Å². The molecule has 1 aliphatic heterocycles. The molecule has 0 saturated carbocycles. The number of cyclic esters (lactones) is 1. The molecular weight excluding hydrogens is 123 g/mol. The average Bonchev–Trinajstić information content (AvgIpc) is 2.10. The summed E-state index contributed by atoms with van der Waals surface area (Å²) < 4.78 is 16.3. The van der Waals surface area contributed by atoms with Gasteiger partial charge in [-0.2, -0.15) is 0 Å². The van der Waals surface area contributed by atoms with Crippen LogP contribution in [0.4, 0.5) is 4.39 Å². The van der Waals surface area contributed by atoms with Crippen LogP contribution in [-0.4, -0.2) is 12.1 Å². The Kier molecular flexibility index (Phi) is 1.51.